The standard InChI is InChI=1S/C21H31N3O2/c1-6-10-17-20(16-11-7-8-12-18(16)26-5)19(21(22)25)15(2)24(17)14-9-13-23(3)4/h7-8,11-12H,6,9-10,13-14H2,1-5H3,(H2,22,25). The van der Waals surface area contributed by atoms with E-state index in [1.807, 2.05) is 31.2 Å². The molecule has 1 amide bonds. The lowest BCUT2D eigenvalue weighted by Gasteiger charge is -2.15. The molecule has 2 aromatic rings. The Hall–Kier alpha value is -2.27. The van der Waals surface area contributed by atoms with Crippen LogP contribution < -0.4 is 10.5 Å². The molecule has 0 saturated carbocycles. The number of primary amides is 1. The molecule has 1 heterocycles. The molecule has 26 heavy (non-hydrogen) atoms. The molecule has 142 valence electrons. The Labute approximate surface area is 156 Å². The van der Waals surface area contributed by atoms with Crippen LogP contribution in [0.4, 0.5) is 0 Å². The Kier molecular flexibility index (Phi) is 6.86. The van der Waals surface area contributed by atoms with Crippen molar-refractivity contribution in [1.29, 1.82) is 0 Å². The third-order valence-corrected chi connectivity index (χ3v) is 4.73. The van der Waals surface area contributed by atoms with Crippen molar-refractivity contribution in [1.82, 2.24) is 9.47 Å². The van der Waals surface area contributed by atoms with Crippen molar-refractivity contribution < 1.29 is 9.53 Å². The number of ether oxygens (including phenoxy) is 1. The predicted octanol–water partition coefficient (Wildman–Crippen LogP) is 3.48. The molecular formula is C21H31N3O2. The number of hydrogen-bond donors (Lipinski definition) is 1. The van der Waals surface area contributed by atoms with E-state index >= 15 is 0 Å². The summed E-state index contributed by atoms with van der Waals surface area (Å²) >= 11 is 0. The van der Waals surface area contributed by atoms with Gasteiger partial charge in [-0.15, -0.1) is 0 Å². The van der Waals surface area contributed by atoms with Gasteiger partial charge in [0.2, 0.25) is 0 Å². The van der Waals surface area contributed by atoms with E-state index in [2.05, 4.69) is 30.5 Å². The molecule has 0 bridgehead atoms. The molecule has 0 saturated heterocycles. The van der Waals surface area contributed by atoms with Crippen LogP contribution in [0.3, 0.4) is 0 Å². The molecule has 0 aliphatic rings. The summed E-state index contributed by atoms with van der Waals surface area (Å²) in [7, 11) is 5.80. The molecule has 2 rings (SSSR count). The molecule has 0 aliphatic heterocycles. The average Bonchev–Trinajstić information content (AvgIpc) is 2.87. The normalized spacial score (nSPS) is 11.2. The number of methoxy groups -OCH3 is 1. The lowest BCUT2D eigenvalue weighted by atomic mass is 9.97. The Morgan fingerprint density at radius 2 is 1.96 bits per heavy atom. The third-order valence-electron chi connectivity index (χ3n) is 4.73. The van der Waals surface area contributed by atoms with Crippen molar-refractivity contribution in [3.8, 4) is 16.9 Å². The van der Waals surface area contributed by atoms with Crippen LogP contribution in [0.2, 0.25) is 0 Å². The number of para-hydroxylation sites is 1. The highest BCUT2D eigenvalue weighted by Crippen LogP contribution is 2.38. The zero-order chi connectivity index (χ0) is 19.3. The van der Waals surface area contributed by atoms with Gasteiger partial charge in [0, 0.05) is 29.1 Å². The number of aromatic nitrogens is 1. The molecule has 0 radical (unpaired) electrons. The minimum atomic E-state index is -0.382. The van der Waals surface area contributed by atoms with Gasteiger partial charge in [-0.1, -0.05) is 31.5 Å². The summed E-state index contributed by atoms with van der Waals surface area (Å²) < 4.78 is 7.83. The molecule has 0 unspecified atom stereocenters. The van der Waals surface area contributed by atoms with Gasteiger partial charge in [0.25, 0.3) is 5.91 Å². The summed E-state index contributed by atoms with van der Waals surface area (Å²) in [6, 6.07) is 7.84. The van der Waals surface area contributed by atoms with Crippen LogP contribution >= 0.6 is 0 Å². The van der Waals surface area contributed by atoms with Gasteiger partial charge in [0.15, 0.2) is 0 Å². The van der Waals surface area contributed by atoms with Crippen molar-refractivity contribution in [2.75, 3.05) is 27.7 Å². The molecule has 0 spiro atoms. The Bertz CT molecular complexity index is 763. The Morgan fingerprint density at radius 3 is 2.54 bits per heavy atom. The number of hydrogen-bond acceptors (Lipinski definition) is 3. The van der Waals surface area contributed by atoms with E-state index in [0.717, 1.165) is 54.9 Å². The fraction of sp³-hybridized carbons (Fsp3) is 0.476. The van der Waals surface area contributed by atoms with E-state index in [4.69, 9.17) is 10.5 Å². The fourth-order valence-corrected chi connectivity index (χ4v) is 3.58. The second-order valence-electron chi connectivity index (χ2n) is 6.91. The summed E-state index contributed by atoms with van der Waals surface area (Å²) in [6.45, 7) is 6.02. The molecule has 2 N–H and O–H groups in total. The van der Waals surface area contributed by atoms with Gasteiger partial charge < -0.3 is 19.9 Å². The van der Waals surface area contributed by atoms with Gasteiger partial charge in [-0.25, -0.2) is 0 Å². The Balaban J connectivity index is 2.66. The highest BCUT2D eigenvalue weighted by atomic mass is 16.5. The lowest BCUT2D eigenvalue weighted by Crippen LogP contribution is -2.17. The van der Waals surface area contributed by atoms with Crippen LogP contribution in [-0.2, 0) is 13.0 Å². The minimum Gasteiger partial charge on any atom is -0.496 e. The zero-order valence-corrected chi connectivity index (χ0v) is 16.6. The lowest BCUT2D eigenvalue weighted by molar-refractivity contribution is 0.1000. The number of carbonyl (C=O) groups is 1. The molecule has 1 aromatic carbocycles. The maximum Gasteiger partial charge on any atom is 0.251 e. The topological polar surface area (TPSA) is 60.5 Å². The maximum atomic E-state index is 12.3. The monoisotopic (exact) mass is 357 g/mol. The van der Waals surface area contributed by atoms with Crippen molar-refractivity contribution in [3.63, 3.8) is 0 Å². The molecule has 0 fully saturated rings. The largest absolute Gasteiger partial charge is 0.496 e. The number of amides is 1. The number of carbonyl (C=O) groups excluding carboxylic acids is 1. The van der Waals surface area contributed by atoms with Crippen molar-refractivity contribution in [3.05, 3.63) is 41.2 Å². The third kappa shape index (κ3) is 4.10. The van der Waals surface area contributed by atoms with E-state index in [1.165, 1.54) is 5.69 Å². The van der Waals surface area contributed by atoms with Crippen LogP contribution in [-0.4, -0.2) is 43.1 Å². The molecule has 1 aromatic heterocycles. The molecule has 5 heteroatoms. The van der Waals surface area contributed by atoms with E-state index in [1.54, 1.807) is 7.11 Å². The van der Waals surface area contributed by atoms with E-state index in [-0.39, 0.29) is 5.91 Å². The van der Waals surface area contributed by atoms with Gasteiger partial charge in [-0.05, 0) is 46.5 Å². The van der Waals surface area contributed by atoms with E-state index in [0.29, 0.717) is 5.56 Å². The number of nitrogens with zero attached hydrogens (tertiary/aromatic N) is 2. The minimum absolute atomic E-state index is 0.382. The average molecular weight is 357 g/mol. The quantitative estimate of drug-likeness (QED) is 0.747. The summed E-state index contributed by atoms with van der Waals surface area (Å²) in [5, 5.41) is 0. The number of rotatable bonds is 9. The summed E-state index contributed by atoms with van der Waals surface area (Å²) in [5.74, 6) is 0.380. The first kappa shape index (κ1) is 20.0. The van der Waals surface area contributed by atoms with Gasteiger partial charge in [-0.3, -0.25) is 4.79 Å². The van der Waals surface area contributed by atoms with Gasteiger partial charge in [0.05, 0.1) is 12.7 Å². The summed E-state index contributed by atoms with van der Waals surface area (Å²) in [4.78, 5) is 14.5. The van der Waals surface area contributed by atoms with Crippen LogP contribution in [0, 0.1) is 6.92 Å². The van der Waals surface area contributed by atoms with Crippen molar-refractivity contribution >= 4 is 5.91 Å². The number of nitrogens with two attached hydrogens (primary N) is 1. The first-order valence-corrected chi connectivity index (χ1v) is 9.22. The fourth-order valence-electron chi connectivity index (χ4n) is 3.58. The molecule has 5 nitrogen and oxygen atoms in total. The van der Waals surface area contributed by atoms with Crippen molar-refractivity contribution in [2.24, 2.45) is 5.73 Å². The van der Waals surface area contributed by atoms with Crippen LogP contribution in [0.15, 0.2) is 24.3 Å². The highest BCUT2D eigenvalue weighted by Gasteiger charge is 2.25. The van der Waals surface area contributed by atoms with Crippen LogP contribution in [0.25, 0.3) is 11.1 Å². The summed E-state index contributed by atoms with van der Waals surface area (Å²) in [5.41, 5.74) is 10.4. The van der Waals surface area contributed by atoms with Gasteiger partial charge >= 0.3 is 0 Å². The maximum absolute atomic E-state index is 12.3. The van der Waals surface area contributed by atoms with E-state index in [9.17, 15) is 4.79 Å². The summed E-state index contributed by atoms with van der Waals surface area (Å²) in [6.07, 6.45) is 2.91. The van der Waals surface area contributed by atoms with E-state index < -0.39 is 0 Å². The van der Waals surface area contributed by atoms with Gasteiger partial charge in [0.1, 0.15) is 5.75 Å². The molecule has 0 atom stereocenters. The highest BCUT2D eigenvalue weighted by molar-refractivity contribution is 6.03. The second kappa shape index (κ2) is 8.90. The molecule has 0 aliphatic carbocycles. The first-order chi connectivity index (χ1) is 12.4. The second-order valence-corrected chi connectivity index (χ2v) is 6.91. The van der Waals surface area contributed by atoms with Crippen LogP contribution in [0.5, 0.6) is 5.75 Å². The predicted molar refractivity (Wildman–Crippen MR) is 107 cm³/mol. The Morgan fingerprint density at radius 1 is 1.27 bits per heavy atom. The molecular weight excluding hydrogens is 326 g/mol. The smallest absolute Gasteiger partial charge is 0.251 e. The number of benzene rings is 1. The van der Waals surface area contributed by atoms with Crippen molar-refractivity contribution in [2.45, 2.75) is 39.7 Å². The van der Waals surface area contributed by atoms with Gasteiger partial charge in [-0.2, -0.15) is 0 Å². The first-order valence-electron chi connectivity index (χ1n) is 9.22. The van der Waals surface area contributed by atoms with Crippen LogP contribution in [0.1, 0.15) is 41.5 Å². The SMILES string of the molecule is CCCc1c(-c2ccccc2OC)c(C(N)=O)c(C)n1CCCN(C)C. The zero-order valence-electron chi connectivity index (χ0n) is 16.6.